The highest BCUT2D eigenvalue weighted by molar-refractivity contribution is 7.89. The van der Waals surface area contributed by atoms with Gasteiger partial charge in [-0.05, 0) is 56.0 Å². The third-order valence-electron chi connectivity index (χ3n) is 3.49. The van der Waals surface area contributed by atoms with E-state index in [0.717, 1.165) is 29.7 Å². The summed E-state index contributed by atoms with van der Waals surface area (Å²) in [5.74, 6) is 0. The number of aryl methyl sites for hydroxylation is 2. The Balaban J connectivity index is 3.08. The summed E-state index contributed by atoms with van der Waals surface area (Å²) in [6.07, 6.45) is 0.772. The zero-order chi connectivity index (χ0) is 16.3. The molecule has 0 aromatic heterocycles. The van der Waals surface area contributed by atoms with Crippen molar-refractivity contribution in [2.45, 2.75) is 51.3 Å². The maximum Gasteiger partial charge on any atom is 0.241 e. The van der Waals surface area contributed by atoms with Crippen LogP contribution in [0.15, 0.2) is 17.0 Å². The van der Waals surface area contributed by atoms with Gasteiger partial charge >= 0.3 is 0 Å². The fraction of sp³-hybridized carbons (Fsp3) is 0.625. The second-order valence-electron chi connectivity index (χ2n) is 6.54. The summed E-state index contributed by atoms with van der Waals surface area (Å²) in [7, 11) is -1.59. The van der Waals surface area contributed by atoms with Crippen LogP contribution in [-0.4, -0.2) is 28.6 Å². The van der Waals surface area contributed by atoms with E-state index in [0.29, 0.717) is 11.4 Å². The smallest absolute Gasteiger partial charge is 0.241 e. The van der Waals surface area contributed by atoms with Crippen molar-refractivity contribution < 1.29 is 8.42 Å². The number of hydrogen-bond acceptors (Lipinski definition) is 3. The summed E-state index contributed by atoms with van der Waals surface area (Å²) in [6.45, 7) is 11.4. The molecule has 0 bridgehead atoms. The van der Waals surface area contributed by atoms with Crippen molar-refractivity contribution >= 4 is 10.0 Å². The molecule has 0 unspecified atom stereocenters. The lowest BCUT2D eigenvalue weighted by atomic mass is 9.85. The topological polar surface area (TPSA) is 58.2 Å². The standard InChI is InChI=1S/C16H28N2O2S/c1-12-10-14(16(3,4)5)11-13(2)15(12)21(19,20)18-9-7-8-17-6/h10-11,17-18H,7-9H2,1-6H3. The Morgan fingerprint density at radius 1 is 1.05 bits per heavy atom. The third kappa shape index (κ3) is 4.80. The van der Waals surface area contributed by atoms with Gasteiger partial charge in [0.25, 0.3) is 0 Å². The van der Waals surface area contributed by atoms with Crippen LogP contribution in [0.25, 0.3) is 0 Å². The molecule has 0 heterocycles. The molecule has 120 valence electrons. The fourth-order valence-corrected chi connectivity index (χ4v) is 3.87. The van der Waals surface area contributed by atoms with Crippen molar-refractivity contribution in [1.82, 2.24) is 10.0 Å². The Bertz CT molecular complexity index is 564. The molecule has 2 N–H and O–H groups in total. The zero-order valence-corrected chi connectivity index (χ0v) is 14.8. The molecule has 5 heteroatoms. The van der Waals surface area contributed by atoms with E-state index in [-0.39, 0.29) is 5.41 Å². The van der Waals surface area contributed by atoms with Crippen molar-refractivity contribution in [1.29, 1.82) is 0 Å². The Morgan fingerprint density at radius 2 is 1.57 bits per heavy atom. The summed E-state index contributed by atoms with van der Waals surface area (Å²) >= 11 is 0. The van der Waals surface area contributed by atoms with Gasteiger partial charge in [0.15, 0.2) is 0 Å². The molecule has 0 radical (unpaired) electrons. The van der Waals surface area contributed by atoms with E-state index < -0.39 is 10.0 Å². The van der Waals surface area contributed by atoms with E-state index in [1.54, 1.807) is 0 Å². The summed E-state index contributed by atoms with van der Waals surface area (Å²) in [4.78, 5) is 0.417. The van der Waals surface area contributed by atoms with Gasteiger partial charge in [0, 0.05) is 6.54 Å². The van der Waals surface area contributed by atoms with Crippen LogP contribution in [0.5, 0.6) is 0 Å². The highest BCUT2D eigenvalue weighted by Gasteiger charge is 2.22. The van der Waals surface area contributed by atoms with Gasteiger partial charge in [0.2, 0.25) is 10.0 Å². The average molecular weight is 312 g/mol. The molecule has 0 amide bonds. The van der Waals surface area contributed by atoms with Gasteiger partial charge in [-0.3, -0.25) is 0 Å². The third-order valence-corrected chi connectivity index (χ3v) is 5.26. The van der Waals surface area contributed by atoms with Crippen molar-refractivity contribution in [3.05, 3.63) is 28.8 Å². The van der Waals surface area contributed by atoms with Gasteiger partial charge in [0.1, 0.15) is 0 Å². The maximum atomic E-state index is 12.5. The average Bonchev–Trinajstić information content (AvgIpc) is 2.32. The minimum atomic E-state index is -3.44. The van der Waals surface area contributed by atoms with Crippen LogP contribution in [0.3, 0.4) is 0 Å². The molecular weight excluding hydrogens is 284 g/mol. The minimum absolute atomic E-state index is 0.0119. The predicted octanol–water partition coefficient (Wildman–Crippen LogP) is 2.49. The van der Waals surface area contributed by atoms with E-state index >= 15 is 0 Å². The number of benzene rings is 1. The molecule has 0 aliphatic carbocycles. The lowest BCUT2D eigenvalue weighted by Crippen LogP contribution is -2.28. The Morgan fingerprint density at radius 3 is 2.00 bits per heavy atom. The van der Waals surface area contributed by atoms with Gasteiger partial charge in [-0.1, -0.05) is 32.9 Å². The van der Waals surface area contributed by atoms with Crippen LogP contribution in [0.4, 0.5) is 0 Å². The van der Waals surface area contributed by atoms with Gasteiger partial charge in [0.05, 0.1) is 4.90 Å². The van der Waals surface area contributed by atoms with Crippen LogP contribution in [-0.2, 0) is 15.4 Å². The van der Waals surface area contributed by atoms with Gasteiger partial charge in [-0.2, -0.15) is 0 Å². The minimum Gasteiger partial charge on any atom is -0.320 e. The number of nitrogens with one attached hydrogen (secondary N) is 2. The summed E-state index contributed by atoms with van der Waals surface area (Å²) in [5.41, 5.74) is 2.78. The lowest BCUT2D eigenvalue weighted by molar-refractivity contribution is 0.572. The van der Waals surface area contributed by atoms with E-state index in [2.05, 4.69) is 30.8 Å². The zero-order valence-electron chi connectivity index (χ0n) is 14.0. The van der Waals surface area contributed by atoms with Crippen molar-refractivity contribution in [2.24, 2.45) is 0 Å². The molecule has 21 heavy (non-hydrogen) atoms. The Labute approximate surface area is 129 Å². The van der Waals surface area contributed by atoms with E-state index in [1.807, 2.05) is 33.0 Å². The molecule has 0 aliphatic heterocycles. The molecule has 1 aromatic carbocycles. The van der Waals surface area contributed by atoms with Gasteiger partial charge < -0.3 is 5.32 Å². The first-order chi connectivity index (χ1) is 9.59. The molecule has 1 rings (SSSR count). The van der Waals surface area contributed by atoms with Crippen LogP contribution in [0, 0.1) is 13.8 Å². The summed E-state index contributed by atoms with van der Waals surface area (Å²) in [6, 6.07) is 3.96. The predicted molar refractivity (Wildman–Crippen MR) is 88.3 cm³/mol. The second kappa shape index (κ2) is 6.90. The molecule has 0 saturated heterocycles. The molecular formula is C16H28N2O2S. The first-order valence-electron chi connectivity index (χ1n) is 7.35. The van der Waals surface area contributed by atoms with Crippen molar-refractivity contribution in [2.75, 3.05) is 20.1 Å². The first kappa shape index (κ1) is 18.1. The number of sulfonamides is 1. The maximum absolute atomic E-state index is 12.5. The van der Waals surface area contributed by atoms with Crippen LogP contribution in [0.2, 0.25) is 0 Å². The molecule has 0 saturated carbocycles. The molecule has 0 spiro atoms. The number of rotatable bonds is 6. The van der Waals surface area contributed by atoms with Gasteiger partial charge in [-0.25, -0.2) is 13.1 Å². The van der Waals surface area contributed by atoms with Crippen molar-refractivity contribution in [3.8, 4) is 0 Å². The van der Waals surface area contributed by atoms with E-state index in [4.69, 9.17) is 0 Å². The second-order valence-corrected chi connectivity index (χ2v) is 8.25. The molecule has 0 fully saturated rings. The largest absolute Gasteiger partial charge is 0.320 e. The van der Waals surface area contributed by atoms with E-state index in [9.17, 15) is 8.42 Å². The molecule has 0 aliphatic rings. The Hall–Kier alpha value is -0.910. The number of hydrogen-bond donors (Lipinski definition) is 2. The first-order valence-corrected chi connectivity index (χ1v) is 8.84. The Kier molecular flexibility index (Phi) is 5.96. The summed E-state index contributed by atoms with van der Waals surface area (Å²) in [5, 5.41) is 3.01. The van der Waals surface area contributed by atoms with Crippen LogP contribution in [0.1, 0.15) is 43.9 Å². The van der Waals surface area contributed by atoms with Crippen molar-refractivity contribution in [3.63, 3.8) is 0 Å². The fourth-order valence-electron chi connectivity index (χ4n) is 2.35. The van der Waals surface area contributed by atoms with E-state index in [1.165, 1.54) is 0 Å². The van der Waals surface area contributed by atoms with Gasteiger partial charge in [-0.15, -0.1) is 0 Å². The normalized spacial score (nSPS) is 12.7. The highest BCUT2D eigenvalue weighted by atomic mass is 32.2. The quantitative estimate of drug-likeness (QED) is 0.794. The highest BCUT2D eigenvalue weighted by Crippen LogP contribution is 2.28. The SMILES string of the molecule is CNCCCNS(=O)(=O)c1c(C)cc(C(C)(C)C)cc1C. The monoisotopic (exact) mass is 312 g/mol. The van der Waals surface area contributed by atoms with Crippen LogP contribution >= 0.6 is 0 Å². The molecule has 4 nitrogen and oxygen atoms in total. The molecule has 0 atom stereocenters. The van der Waals surface area contributed by atoms with Crippen LogP contribution < -0.4 is 10.0 Å². The molecule has 1 aromatic rings. The summed E-state index contributed by atoms with van der Waals surface area (Å²) < 4.78 is 27.6. The lowest BCUT2D eigenvalue weighted by Gasteiger charge is -2.22.